The Morgan fingerprint density at radius 3 is 2.79 bits per heavy atom. The van der Waals surface area contributed by atoms with Crippen LogP contribution in [0.25, 0.3) is 0 Å². The second kappa shape index (κ2) is 4.45. The van der Waals surface area contributed by atoms with Crippen molar-refractivity contribution in [2.45, 2.75) is 13.0 Å². The molecule has 0 aromatic carbocycles. The van der Waals surface area contributed by atoms with Crippen molar-refractivity contribution in [1.29, 1.82) is 0 Å². The second-order valence-electron chi connectivity index (χ2n) is 2.71. The Hall–Kier alpha value is -1.78. The molecule has 0 amide bonds. The van der Waals surface area contributed by atoms with Gasteiger partial charge in [-0.05, 0) is 13.0 Å². The highest BCUT2D eigenvalue weighted by Gasteiger charge is 2.14. The van der Waals surface area contributed by atoms with Crippen LogP contribution in [0, 0.1) is 0 Å². The third kappa shape index (κ3) is 2.62. The minimum atomic E-state index is -0.670. The van der Waals surface area contributed by atoms with Gasteiger partial charge in [-0.3, -0.25) is 0 Å². The highest BCUT2D eigenvalue weighted by atomic mass is 16.6. The van der Waals surface area contributed by atoms with E-state index in [0.717, 1.165) is 0 Å². The van der Waals surface area contributed by atoms with Gasteiger partial charge >= 0.3 is 5.97 Å². The van der Waals surface area contributed by atoms with E-state index in [4.69, 9.17) is 10.5 Å². The highest BCUT2D eigenvalue weighted by Crippen LogP contribution is 2.10. The van der Waals surface area contributed by atoms with Crippen LogP contribution in [0.3, 0.4) is 0 Å². The van der Waals surface area contributed by atoms with Gasteiger partial charge in [-0.25, -0.2) is 9.78 Å². The number of pyridine rings is 1. The van der Waals surface area contributed by atoms with E-state index in [1.165, 1.54) is 13.3 Å². The van der Waals surface area contributed by atoms with E-state index in [-0.39, 0.29) is 0 Å². The zero-order valence-corrected chi connectivity index (χ0v) is 8.06. The summed E-state index contributed by atoms with van der Waals surface area (Å²) in [6, 6.07) is 3.24. The minimum Gasteiger partial charge on any atom is -0.466 e. The van der Waals surface area contributed by atoms with Crippen molar-refractivity contribution >= 4 is 11.7 Å². The topological polar surface area (TPSA) is 74.4 Å². The van der Waals surface area contributed by atoms with Gasteiger partial charge in [-0.2, -0.15) is 0 Å². The Kier molecular flexibility index (Phi) is 3.28. The molecule has 0 bridgehead atoms. The lowest BCUT2D eigenvalue weighted by atomic mass is 10.4. The number of methoxy groups -OCH3 is 1. The predicted octanol–water partition coefficient (Wildman–Crippen LogP) is 0.604. The number of hydrogen-bond acceptors (Lipinski definition) is 5. The third-order valence-corrected chi connectivity index (χ3v) is 1.59. The molecule has 1 rings (SSSR count). The molecule has 1 unspecified atom stereocenters. The first-order chi connectivity index (χ1) is 6.63. The van der Waals surface area contributed by atoms with E-state index in [0.29, 0.717) is 11.6 Å². The molecule has 76 valence electrons. The van der Waals surface area contributed by atoms with Crippen molar-refractivity contribution in [3.8, 4) is 5.88 Å². The molecule has 1 heterocycles. The Labute approximate surface area is 81.8 Å². The number of esters is 1. The summed E-state index contributed by atoms with van der Waals surface area (Å²) in [4.78, 5) is 14.9. The molecule has 0 saturated heterocycles. The molecule has 0 aliphatic rings. The molecule has 14 heavy (non-hydrogen) atoms. The van der Waals surface area contributed by atoms with Crippen molar-refractivity contribution in [1.82, 2.24) is 4.98 Å². The van der Waals surface area contributed by atoms with Gasteiger partial charge in [0, 0.05) is 6.07 Å². The van der Waals surface area contributed by atoms with E-state index in [2.05, 4.69) is 9.72 Å². The van der Waals surface area contributed by atoms with Gasteiger partial charge < -0.3 is 15.2 Å². The average molecular weight is 196 g/mol. The largest absolute Gasteiger partial charge is 0.466 e. The molecule has 5 heteroatoms. The minimum absolute atomic E-state index is 0.345. The monoisotopic (exact) mass is 196 g/mol. The standard InChI is InChI=1S/C9H12N2O3/c1-6(9(12)13-2)14-8-4-3-7(10)5-11-8/h3-6H,10H2,1-2H3. The van der Waals surface area contributed by atoms with Crippen molar-refractivity contribution in [2.75, 3.05) is 12.8 Å². The third-order valence-electron chi connectivity index (χ3n) is 1.59. The van der Waals surface area contributed by atoms with E-state index in [1.54, 1.807) is 19.1 Å². The Morgan fingerprint density at radius 1 is 1.57 bits per heavy atom. The van der Waals surface area contributed by atoms with Crippen LogP contribution in [0.15, 0.2) is 18.3 Å². The van der Waals surface area contributed by atoms with Gasteiger partial charge in [-0.1, -0.05) is 0 Å². The van der Waals surface area contributed by atoms with E-state index >= 15 is 0 Å². The van der Waals surface area contributed by atoms with Crippen LogP contribution >= 0.6 is 0 Å². The zero-order valence-electron chi connectivity index (χ0n) is 8.06. The van der Waals surface area contributed by atoms with Crippen LogP contribution < -0.4 is 10.5 Å². The van der Waals surface area contributed by atoms with Crippen LogP contribution in [0.5, 0.6) is 5.88 Å². The summed E-state index contributed by atoms with van der Waals surface area (Å²) >= 11 is 0. The van der Waals surface area contributed by atoms with Gasteiger partial charge in [-0.15, -0.1) is 0 Å². The zero-order chi connectivity index (χ0) is 10.6. The summed E-state index contributed by atoms with van der Waals surface area (Å²) in [6.07, 6.45) is 0.787. The molecule has 1 aromatic heterocycles. The average Bonchev–Trinajstić information content (AvgIpc) is 2.20. The summed E-state index contributed by atoms with van der Waals surface area (Å²) < 4.78 is 9.67. The molecular weight excluding hydrogens is 184 g/mol. The fraction of sp³-hybridized carbons (Fsp3) is 0.333. The lowest BCUT2D eigenvalue weighted by molar-refractivity contribution is -0.148. The number of anilines is 1. The fourth-order valence-corrected chi connectivity index (χ4v) is 0.857. The maximum Gasteiger partial charge on any atom is 0.346 e. The summed E-state index contributed by atoms with van der Waals surface area (Å²) in [5.41, 5.74) is 5.98. The maximum absolute atomic E-state index is 11.0. The molecule has 2 N–H and O–H groups in total. The van der Waals surface area contributed by atoms with Gasteiger partial charge in [0.2, 0.25) is 5.88 Å². The number of nitrogens with zero attached hydrogens (tertiary/aromatic N) is 1. The molecule has 0 saturated carbocycles. The van der Waals surface area contributed by atoms with Gasteiger partial charge in [0.1, 0.15) is 0 Å². The van der Waals surface area contributed by atoms with Gasteiger partial charge in [0.05, 0.1) is 19.0 Å². The smallest absolute Gasteiger partial charge is 0.346 e. The van der Waals surface area contributed by atoms with Gasteiger partial charge in [0.15, 0.2) is 6.10 Å². The Balaban J connectivity index is 2.60. The first-order valence-electron chi connectivity index (χ1n) is 4.09. The number of aromatic nitrogens is 1. The second-order valence-corrected chi connectivity index (χ2v) is 2.71. The summed E-state index contributed by atoms with van der Waals surface area (Å²) in [7, 11) is 1.30. The van der Waals surface area contributed by atoms with E-state index in [9.17, 15) is 4.79 Å². The van der Waals surface area contributed by atoms with Crippen LogP contribution in [0.1, 0.15) is 6.92 Å². The first kappa shape index (κ1) is 10.3. The normalized spacial score (nSPS) is 11.9. The molecular formula is C9H12N2O3. The first-order valence-corrected chi connectivity index (χ1v) is 4.09. The molecule has 1 aromatic rings. The number of nitrogen functional groups attached to an aromatic ring is 1. The summed E-state index contributed by atoms with van der Waals surface area (Å²) in [6.45, 7) is 1.59. The molecule has 0 fully saturated rings. The molecule has 0 aliphatic carbocycles. The summed E-state index contributed by atoms with van der Waals surface area (Å²) in [5, 5.41) is 0. The fourth-order valence-electron chi connectivity index (χ4n) is 0.857. The van der Waals surface area contributed by atoms with Crippen LogP contribution in [0.4, 0.5) is 5.69 Å². The van der Waals surface area contributed by atoms with E-state index in [1.807, 2.05) is 0 Å². The Morgan fingerprint density at radius 2 is 2.29 bits per heavy atom. The van der Waals surface area contributed by atoms with Crippen LogP contribution in [0.2, 0.25) is 0 Å². The van der Waals surface area contributed by atoms with Gasteiger partial charge in [0.25, 0.3) is 0 Å². The van der Waals surface area contributed by atoms with E-state index < -0.39 is 12.1 Å². The molecule has 0 radical (unpaired) electrons. The number of nitrogens with two attached hydrogens (primary N) is 1. The number of rotatable bonds is 3. The quantitative estimate of drug-likeness (QED) is 0.716. The lowest BCUT2D eigenvalue weighted by Crippen LogP contribution is -2.25. The number of hydrogen-bond donors (Lipinski definition) is 1. The molecule has 0 aliphatic heterocycles. The number of ether oxygens (including phenoxy) is 2. The van der Waals surface area contributed by atoms with Crippen molar-refractivity contribution in [2.24, 2.45) is 0 Å². The summed E-state index contributed by atoms with van der Waals surface area (Å²) in [5.74, 6) is -0.0966. The molecule has 1 atom stereocenters. The molecule has 0 spiro atoms. The van der Waals surface area contributed by atoms with Crippen LogP contribution in [-0.2, 0) is 9.53 Å². The highest BCUT2D eigenvalue weighted by molar-refractivity contribution is 5.74. The SMILES string of the molecule is COC(=O)C(C)Oc1ccc(N)cn1. The Bertz CT molecular complexity index is 310. The molecule has 5 nitrogen and oxygen atoms in total. The number of carbonyl (C=O) groups excluding carboxylic acids is 1. The van der Waals surface area contributed by atoms with Crippen LogP contribution in [-0.4, -0.2) is 24.2 Å². The predicted molar refractivity (Wildman–Crippen MR) is 50.8 cm³/mol. The lowest BCUT2D eigenvalue weighted by Gasteiger charge is -2.10. The maximum atomic E-state index is 11.0. The van der Waals surface area contributed by atoms with Crippen molar-refractivity contribution < 1.29 is 14.3 Å². The van der Waals surface area contributed by atoms with Crippen molar-refractivity contribution in [3.05, 3.63) is 18.3 Å². The van der Waals surface area contributed by atoms with Crippen molar-refractivity contribution in [3.63, 3.8) is 0 Å². The number of carbonyl (C=O) groups is 1.